The van der Waals surface area contributed by atoms with E-state index < -0.39 is 0 Å². The Kier molecular flexibility index (Phi) is 5.26. The van der Waals surface area contributed by atoms with E-state index in [0.717, 1.165) is 52.1 Å². The Labute approximate surface area is 110 Å². The van der Waals surface area contributed by atoms with Gasteiger partial charge in [0.25, 0.3) is 0 Å². The number of hydrogen-bond acceptors (Lipinski definition) is 3. The number of nitrogens with two attached hydrogens (primary N) is 1. The molecule has 1 saturated carbocycles. The van der Waals surface area contributed by atoms with E-state index in [1.54, 1.807) is 0 Å². The standard InChI is InChI=1S/C13H26N4O/c14-13(18)17(12-4-2-1-3-5-12)11-10-16-8-6-15-7-9-16/h12,15H,1-11H2,(H2,14,18). The number of carbonyl (C=O) groups is 1. The fraction of sp³-hybridized carbons (Fsp3) is 0.923. The molecule has 2 fully saturated rings. The molecule has 5 nitrogen and oxygen atoms in total. The van der Waals surface area contributed by atoms with Gasteiger partial charge in [0.2, 0.25) is 0 Å². The van der Waals surface area contributed by atoms with Crippen LogP contribution in [0.3, 0.4) is 0 Å². The number of amides is 2. The predicted octanol–water partition coefficient (Wildman–Crippen LogP) is 0.605. The van der Waals surface area contributed by atoms with Crippen molar-refractivity contribution in [2.75, 3.05) is 39.3 Å². The minimum Gasteiger partial charge on any atom is -0.351 e. The van der Waals surface area contributed by atoms with Crippen molar-refractivity contribution < 1.29 is 4.79 Å². The highest BCUT2D eigenvalue weighted by Gasteiger charge is 2.24. The van der Waals surface area contributed by atoms with E-state index in [4.69, 9.17) is 5.73 Å². The fourth-order valence-corrected chi connectivity index (χ4v) is 3.05. The monoisotopic (exact) mass is 254 g/mol. The maximum Gasteiger partial charge on any atom is 0.315 e. The Morgan fingerprint density at radius 1 is 1.22 bits per heavy atom. The summed E-state index contributed by atoms with van der Waals surface area (Å²) in [6.07, 6.45) is 6.04. The van der Waals surface area contributed by atoms with Crippen LogP contribution in [-0.4, -0.2) is 61.1 Å². The van der Waals surface area contributed by atoms with Gasteiger partial charge >= 0.3 is 6.03 Å². The molecule has 18 heavy (non-hydrogen) atoms. The van der Waals surface area contributed by atoms with Crippen LogP contribution in [-0.2, 0) is 0 Å². The van der Waals surface area contributed by atoms with Gasteiger partial charge in [-0.3, -0.25) is 4.90 Å². The van der Waals surface area contributed by atoms with Crippen LogP contribution in [0.1, 0.15) is 32.1 Å². The van der Waals surface area contributed by atoms with Crippen molar-refractivity contribution in [3.05, 3.63) is 0 Å². The van der Waals surface area contributed by atoms with Gasteiger partial charge in [-0.2, -0.15) is 0 Å². The van der Waals surface area contributed by atoms with Crippen molar-refractivity contribution in [3.8, 4) is 0 Å². The van der Waals surface area contributed by atoms with Gasteiger partial charge in [-0.05, 0) is 12.8 Å². The predicted molar refractivity (Wildman–Crippen MR) is 72.5 cm³/mol. The first-order chi connectivity index (χ1) is 8.77. The number of carbonyl (C=O) groups excluding carboxylic acids is 1. The van der Waals surface area contributed by atoms with Gasteiger partial charge < -0.3 is 16.0 Å². The molecule has 0 bridgehead atoms. The molecule has 0 radical (unpaired) electrons. The van der Waals surface area contributed by atoms with Crippen molar-refractivity contribution in [2.24, 2.45) is 5.73 Å². The lowest BCUT2D eigenvalue weighted by Crippen LogP contribution is -2.50. The van der Waals surface area contributed by atoms with Crippen LogP contribution in [0.2, 0.25) is 0 Å². The highest BCUT2D eigenvalue weighted by Crippen LogP contribution is 2.22. The van der Waals surface area contributed by atoms with Crippen LogP contribution >= 0.6 is 0 Å². The van der Waals surface area contributed by atoms with E-state index in [-0.39, 0.29) is 6.03 Å². The Hall–Kier alpha value is -0.810. The second-order valence-electron chi connectivity index (χ2n) is 5.42. The lowest BCUT2D eigenvalue weighted by molar-refractivity contribution is 0.143. The van der Waals surface area contributed by atoms with Gasteiger partial charge in [-0.1, -0.05) is 19.3 Å². The van der Waals surface area contributed by atoms with Crippen LogP contribution < -0.4 is 11.1 Å². The SMILES string of the molecule is NC(=O)N(CCN1CCNCC1)C1CCCCC1. The van der Waals surface area contributed by atoms with Gasteiger partial charge in [0.05, 0.1) is 0 Å². The summed E-state index contributed by atoms with van der Waals surface area (Å²) in [6.45, 7) is 6.02. The van der Waals surface area contributed by atoms with Crippen molar-refractivity contribution in [3.63, 3.8) is 0 Å². The lowest BCUT2D eigenvalue weighted by atomic mass is 9.94. The zero-order chi connectivity index (χ0) is 12.8. The molecule has 1 saturated heterocycles. The van der Waals surface area contributed by atoms with Crippen LogP contribution in [0.5, 0.6) is 0 Å². The molecule has 5 heteroatoms. The molecule has 2 amide bonds. The summed E-state index contributed by atoms with van der Waals surface area (Å²) in [7, 11) is 0. The largest absolute Gasteiger partial charge is 0.351 e. The van der Waals surface area contributed by atoms with Crippen LogP contribution in [0, 0.1) is 0 Å². The molecule has 0 aromatic heterocycles. The van der Waals surface area contributed by atoms with Crippen molar-refractivity contribution in [1.82, 2.24) is 15.1 Å². The third kappa shape index (κ3) is 3.85. The molecule has 2 rings (SSSR count). The number of nitrogens with one attached hydrogen (secondary N) is 1. The van der Waals surface area contributed by atoms with Gasteiger partial charge in [0, 0.05) is 45.3 Å². The summed E-state index contributed by atoms with van der Waals surface area (Å²) in [5.74, 6) is 0. The molecule has 0 aromatic rings. The fourth-order valence-electron chi connectivity index (χ4n) is 3.05. The molecule has 3 N–H and O–H groups in total. The average molecular weight is 254 g/mol. The summed E-state index contributed by atoms with van der Waals surface area (Å²) in [5.41, 5.74) is 5.54. The molecule has 1 aliphatic carbocycles. The first kappa shape index (κ1) is 13.6. The summed E-state index contributed by atoms with van der Waals surface area (Å²) >= 11 is 0. The van der Waals surface area contributed by atoms with E-state index in [2.05, 4.69) is 10.2 Å². The van der Waals surface area contributed by atoms with E-state index in [9.17, 15) is 4.79 Å². The van der Waals surface area contributed by atoms with Gasteiger partial charge in [0.15, 0.2) is 0 Å². The molecule has 104 valence electrons. The number of urea groups is 1. The molecular formula is C13H26N4O. The molecule has 0 atom stereocenters. The van der Waals surface area contributed by atoms with Crippen molar-refractivity contribution >= 4 is 6.03 Å². The normalized spacial score (nSPS) is 22.9. The molecule has 1 heterocycles. The lowest BCUT2D eigenvalue weighted by Gasteiger charge is -2.35. The minimum absolute atomic E-state index is 0.239. The molecular weight excluding hydrogens is 228 g/mol. The third-order valence-corrected chi connectivity index (χ3v) is 4.17. The summed E-state index contributed by atoms with van der Waals surface area (Å²) in [4.78, 5) is 15.9. The van der Waals surface area contributed by atoms with Gasteiger partial charge in [0.1, 0.15) is 0 Å². The first-order valence-corrected chi connectivity index (χ1v) is 7.26. The van der Waals surface area contributed by atoms with E-state index in [0.29, 0.717) is 6.04 Å². The van der Waals surface area contributed by atoms with Gasteiger partial charge in [-0.25, -0.2) is 4.79 Å². The number of primary amides is 1. The van der Waals surface area contributed by atoms with Crippen LogP contribution in [0.25, 0.3) is 0 Å². The minimum atomic E-state index is -0.239. The highest BCUT2D eigenvalue weighted by atomic mass is 16.2. The molecule has 1 aliphatic heterocycles. The average Bonchev–Trinajstić information content (AvgIpc) is 2.41. The third-order valence-electron chi connectivity index (χ3n) is 4.17. The number of piperazine rings is 1. The van der Waals surface area contributed by atoms with Crippen molar-refractivity contribution in [2.45, 2.75) is 38.1 Å². The first-order valence-electron chi connectivity index (χ1n) is 7.26. The second kappa shape index (κ2) is 6.95. The zero-order valence-electron chi connectivity index (χ0n) is 11.2. The molecule has 0 spiro atoms. The molecule has 2 aliphatic rings. The van der Waals surface area contributed by atoms with E-state index >= 15 is 0 Å². The number of rotatable bonds is 4. The maximum absolute atomic E-state index is 11.6. The van der Waals surface area contributed by atoms with Gasteiger partial charge in [-0.15, -0.1) is 0 Å². The summed E-state index contributed by atoms with van der Waals surface area (Å²) < 4.78 is 0. The van der Waals surface area contributed by atoms with E-state index in [1.807, 2.05) is 4.90 Å². The highest BCUT2D eigenvalue weighted by molar-refractivity contribution is 5.72. The molecule has 0 aromatic carbocycles. The summed E-state index contributed by atoms with van der Waals surface area (Å²) in [5, 5.41) is 3.34. The quantitative estimate of drug-likeness (QED) is 0.772. The molecule has 0 unspecified atom stereocenters. The Bertz CT molecular complexity index is 260. The van der Waals surface area contributed by atoms with E-state index in [1.165, 1.54) is 19.3 Å². The maximum atomic E-state index is 11.6. The Morgan fingerprint density at radius 3 is 2.50 bits per heavy atom. The number of hydrogen-bond donors (Lipinski definition) is 2. The summed E-state index contributed by atoms with van der Waals surface area (Å²) in [6, 6.07) is 0.149. The van der Waals surface area contributed by atoms with Crippen molar-refractivity contribution in [1.29, 1.82) is 0 Å². The smallest absolute Gasteiger partial charge is 0.315 e. The second-order valence-corrected chi connectivity index (χ2v) is 5.42. The zero-order valence-corrected chi connectivity index (χ0v) is 11.2. The Balaban J connectivity index is 1.79. The number of nitrogens with zero attached hydrogens (tertiary/aromatic N) is 2. The topological polar surface area (TPSA) is 61.6 Å². The Morgan fingerprint density at radius 2 is 1.89 bits per heavy atom. The van der Waals surface area contributed by atoms with Crippen LogP contribution in [0.15, 0.2) is 0 Å². The van der Waals surface area contributed by atoms with Crippen LogP contribution in [0.4, 0.5) is 4.79 Å².